The quantitative estimate of drug-likeness (QED) is 0.689. The molecule has 2 N–H and O–H groups in total. The molecule has 0 aliphatic carbocycles. The van der Waals surface area contributed by atoms with Gasteiger partial charge in [0.25, 0.3) is 0 Å². The average molecular weight is 310 g/mol. The van der Waals surface area contributed by atoms with Crippen LogP contribution in [0.1, 0.15) is 42.5 Å². The van der Waals surface area contributed by atoms with Crippen LogP contribution in [0.3, 0.4) is 0 Å². The Hall–Kier alpha value is -2.75. The van der Waals surface area contributed by atoms with Gasteiger partial charge in [0.1, 0.15) is 22.8 Å². The van der Waals surface area contributed by atoms with Crippen LogP contribution < -0.4 is 0 Å². The number of phenolic OH excluding ortho intramolecular Hbond substituents is 2. The molecule has 118 valence electrons. The molecule has 0 amide bonds. The first-order chi connectivity index (χ1) is 10.8. The number of fused-ring (bicyclic) bond motifs is 1. The zero-order chi connectivity index (χ0) is 16.8. The number of rotatable bonds is 2. The topological polar surface area (TPSA) is 70.7 Å². The summed E-state index contributed by atoms with van der Waals surface area (Å²) < 4.78 is 5.90. The first-order valence-corrected chi connectivity index (χ1v) is 7.37. The number of hydrogen-bond donors (Lipinski definition) is 2. The van der Waals surface area contributed by atoms with Crippen molar-refractivity contribution >= 4 is 16.8 Å². The van der Waals surface area contributed by atoms with Crippen molar-refractivity contribution in [3.8, 4) is 11.5 Å². The molecule has 0 aliphatic heterocycles. The van der Waals surface area contributed by atoms with E-state index in [1.54, 1.807) is 24.3 Å². The molecule has 0 unspecified atom stereocenters. The van der Waals surface area contributed by atoms with Gasteiger partial charge in [-0.1, -0.05) is 20.8 Å². The Kier molecular flexibility index (Phi) is 3.40. The summed E-state index contributed by atoms with van der Waals surface area (Å²) in [7, 11) is 0. The second kappa shape index (κ2) is 5.16. The van der Waals surface area contributed by atoms with E-state index in [0.717, 1.165) is 0 Å². The van der Waals surface area contributed by atoms with Crippen LogP contribution in [-0.2, 0) is 5.41 Å². The fraction of sp³-hybridized carbons (Fsp3) is 0.211. The SMILES string of the molecule is CC(C)(C)c1oc2ccc(O)cc2c1C(=O)c1ccc(O)cc1. The zero-order valence-electron chi connectivity index (χ0n) is 13.3. The van der Waals surface area contributed by atoms with Crippen molar-refractivity contribution < 1.29 is 19.4 Å². The van der Waals surface area contributed by atoms with Gasteiger partial charge < -0.3 is 14.6 Å². The van der Waals surface area contributed by atoms with Crippen LogP contribution in [-0.4, -0.2) is 16.0 Å². The molecule has 0 atom stereocenters. The molecule has 3 rings (SSSR count). The standard InChI is InChI=1S/C19H18O4/c1-19(2,3)18-16(14-10-13(21)8-9-15(14)23-18)17(22)11-4-6-12(20)7-5-11/h4-10,20-21H,1-3H3. The van der Waals surface area contributed by atoms with E-state index in [-0.39, 0.29) is 22.7 Å². The van der Waals surface area contributed by atoms with Gasteiger partial charge in [-0.25, -0.2) is 0 Å². The fourth-order valence-corrected chi connectivity index (χ4v) is 2.60. The Morgan fingerprint density at radius 1 is 0.957 bits per heavy atom. The number of furan rings is 1. The molecule has 1 heterocycles. The number of carbonyl (C=O) groups is 1. The Morgan fingerprint density at radius 3 is 2.17 bits per heavy atom. The first-order valence-electron chi connectivity index (χ1n) is 7.37. The molecule has 4 heteroatoms. The summed E-state index contributed by atoms with van der Waals surface area (Å²) >= 11 is 0. The summed E-state index contributed by atoms with van der Waals surface area (Å²) in [5.41, 5.74) is 1.11. The molecule has 2 aromatic carbocycles. The molecular formula is C19H18O4. The highest BCUT2D eigenvalue weighted by atomic mass is 16.3. The Labute approximate surface area is 134 Å². The fourth-order valence-electron chi connectivity index (χ4n) is 2.60. The zero-order valence-corrected chi connectivity index (χ0v) is 13.3. The number of hydrogen-bond acceptors (Lipinski definition) is 4. The van der Waals surface area contributed by atoms with E-state index in [1.165, 1.54) is 18.2 Å². The van der Waals surface area contributed by atoms with Crippen molar-refractivity contribution in [2.45, 2.75) is 26.2 Å². The minimum atomic E-state index is -0.365. The third-order valence-corrected chi connectivity index (χ3v) is 3.71. The maximum Gasteiger partial charge on any atom is 0.197 e. The van der Waals surface area contributed by atoms with Crippen molar-refractivity contribution in [3.05, 3.63) is 59.4 Å². The smallest absolute Gasteiger partial charge is 0.197 e. The summed E-state index contributed by atoms with van der Waals surface area (Å²) in [6.45, 7) is 5.91. The summed E-state index contributed by atoms with van der Waals surface area (Å²) in [5, 5.41) is 19.8. The largest absolute Gasteiger partial charge is 0.508 e. The van der Waals surface area contributed by atoms with Gasteiger partial charge in [-0.2, -0.15) is 0 Å². The highest BCUT2D eigenvalue weighted by Gasteiger charge is 2.29. The van der Waals surface area contributed by atoms with E-state index in [1.807, 2.05) is 20.8 Å². The van der Waals surface area contributed by atoms with Crippen LogP contribution in [0.2, 0.25) is 0 Å². The summed E-state index contributed by atoms with van der Waals surface area (Å²) in [6, 6.07) is 10.8. The molecule has 0 saturated heterocycles. The van der Waals surface area contributed by atoms with Crippen molar-refractivity contribution in [2.24, 2.45) is 0 Å². The lowest BCUT2D eigenvalue weighted by Gasteiger charge is -2.17. The van der Waals surface area contributed by atoms with Gasteiger partial charge in [0.15, 0.2) is 5.78 Å². The molecule has 0 fully saturated rings. The van der Waals surface area contributed by atoms with Crippen LogP contribution in [0, 0.1) is 0 Å². The molecule has 3 aromatic rings. The summed E-state index contributed by atoms with van der Waals surface area (Å²) in [4.78, 5) is 13.0. The molecule has 4 nitrogen and oxygen atoms in total. The highest BCUT2D eigenvalue weighted by Crippen LogP contribution is 2.37. The number of benzene rings is 2. The van der Waals surface area contributed by atoms with Crippen LogP contribution in [0.25, 0.3) is 11.0 Å². The maximum absolute atomic E-state index is 13.0. The molecule has 0 spiro atoms. The molecule has 0 saturated carbocycles. The van der Waals surface area contributed by atoms with E-state index in [2.05, 4.69) is 0 Å². The maximum atomic E-state index is 13.0. The number of phenols is 2. The van der Waals surface area contributed by atoms with Gasteiger partial charge in [-0.15, -0.1) is 0 Å². The lowest BCUT2D eigenvalue weighted by atomic mass is 9.87. The van der Waals surface area contributed by atoms with Gasteiger partial charge in [-0.05, 0) is 42.5 Å². The lowest BCUT2D eigenvalue weighted by molar-refractivity contribution is 0.103. The van der Waals surface area contributed by atoms with Crippen molar-refractivity contribution in [2.75, 3.05) is 0 Å². The Bertz CT molecular complexity index is 880. The second-order valence-corrected chi connectivity index (χ2v) is 6.61. The predicted octanol–water partition coefficient (Wildman–Crippen LogP) is 4.37. The first kappa shape index (κ1) is 15.2. The minimum Gasteiger partial charge on any atom is -0.508 e. The van der Waals surface area contributed by atoms with E-state index in [0.29, 0.717) is 27.9 Å². The molecule has 0 bridgehead atoms. The molecule has 23 heavy (non-hydrogen) atoms. The normalized spacial score (nSPS) is 11.8. The van der Waals surface area contributed by atoms with Crippen molar-refractivity contribution in [1.82, 2.24) is 0 Å². The van der Waals surface area contributed by atoms with Gasteiger partial charge in [0.2, 0.25) is 0 Å². The van der Waals surface area contributed by atoms with Crippen molar-refractivity contribution in [1.29, 1.82) is 0 Å². The van der Waals surface area contributed by atoms with Gasteiger partial charge in [-0.3, -0.25) is 4.79 Å². The second-order valence-electron chi connectivity index (χ2n) is 6.61. The third-order valence-electron chi connectivity index (χ3n) is 3.71. The lowest BCUT2D eigenvalue weighted by Crippen LogP contribution is -2.15. The van der Waals surface area contributed by atoms with Gasteiger partial charge in [0, 0.05) is 16.4 Å². The van der Waals surface area contributed by atoms with Crippen LogP contribution >= 0.6 is 0 Å². The average Bonchev–Trinajstić information content (AvgIpc) is 2.86. The number of aromatic hydroxyl groups is 2. The highest BCUT2D eigenvalue weighted by molar-refractivity contribution is 6.17. The van der Waals surface area contributed by atoms with E-state index in [4.69, 9.17) is 4.42 Å². The van der Waals surface area contributed by atoms with Crippen LogP contribution in [0.4, 0.5) is 0 Å². The molecular weight excluding hydrogens is 292 g/mol. The molecule has 0 aliphatic rings. The van der Waals surface area contributed by atoms with E-state index in [9.17, 15) is 15.0 Å². The molecule has 1 aromatic heterocycles. The number of carbonyl (C=O) groups excluding carboxylic acids is 1. The Balaban J connectivity index is 2.27. The van der Waals surface area contributed by atoms with E-state index >= 15 is 0 Å². The number of ketones is 1. The van der Waals surface area contributed by atoms with Crippen LogP contribution in [0.15, 0.2) is 46.9 Å². The van der Waals surface area contributed by atoms with Crippen LogP contribution in [0.5, 0.6) is 11.5 Å². The van der Waals surface area contributed by atoms with Gasteiger partial charge >= 0.3 is 0 Å². The van der Waals surface area contributed by atoms with Crippen molar-refractivity contribution in [3.63, 3.8) is 0 Å². The summed E-state index contributed by atoms with van der Waals surface area (Å²) in [5.74, 6) is 0.571. The monoisotopic (exact) mass is 310 g/mol. The predicted molar refractivity (Wildman–Crippen MR) is 88.1 cm³/mol. The van der Waals surface area contributed by atoms with E-state index < -0.39 is 0 Å². The third kappa shape index (κ3) is 2.68. The summed E-state index contributed by atoms with van der Waals surface area (Å²) in [6.07, 6.45) is 0. The van der Waals surface area contributed by atoms with Gasteiger partial charge in [0.05, 0.1) is 5.56 Å². The minimum absolute atomic E-state index is 0.0820. The Morgan fingerprint density at radius 2 is 1.57 bits per heavy atom. The molecule has 0 radical (unpaired) electrons.